The first kappa shape index (κ1) is 18.8. The highest BCUT2D eigenvalue weighted by atomic mass is 19.2. The van der Waals surface area contributed by atoms with Gasteiger partial charge < -0.3 is 10.4 Å². The minimum absolute atomic E-state index is 0.115. The minimum Gasteiger partial charge on any atom is -0.394 e. The summed E-state index contributed by atoms with van der Waals surface area (Å²) in [5.74, 6) is -2.98. The molecule has 0 fully saturated rings. The fourth-order valence-electron chi connectivity index (χ4n) is 2.30. The lowest BCUT2D eigenvalue weighted by atomic mass is 10.1. The molecule has 0 aliphatic rings. The summed E-state index contributed by atoms with van der Waals surface area (Å²) in [5.41, 5.74) is 4.19. The summed E-state index contributed by atoms with van der Waals surface area (Å²) in [5, 5.41) is 11.4. The molecule has 2 aromatic carbocycles. The van der Waals surface area contributed by atoms with Gasteiger partial charge in [-0.15, -0.1) is 0 Å². The summed E-state index contributed by atoms with van der Waals surface area (Å²) in [7, 11) is 0. The van der Waals surface area contributed by atoms with Gasteiger partial charge in [0.05, 0.1) is 24.5 Å². The van der Waals surface area contributed by atoms with Gasteiger partial charge in [0.25, 0.3) is 5.91 Å². The van der Waals surface area contributed by atoms with Crippen molar-refractivity contribution in [3.8, 4) is 0 Å². The Morgan fingerprint density at radius 2 is 2.00 bits per heavy atom. The van der Waals surface area contributed by atoms with Crippen LogP contribution in [0, 0.1) is 18.6 Å². The Morgan fingerprint density at radius 1 is 1.24 bits per heavy atom. The van der Waals surface area contributed by atoms with E-state index >= 15 is 0 Å². The molecular formula is C18H20F2N2O3. The van der Waals surface area contributed by atoms with Crippen LogP contribution in [0.25, 0.3) is 0 Å². The van der Waals surface area contributed by atoms with Crippen LogP contribution in [-0.2, 0) is 11.3 Å². The molecule has 0 spiro atoms. The summed E-state index contributed by atoms with van der Waals surface area (Å²) in [6.07, 6.45) is 0.852. The van der Waals surface area contributed by atoms with E-state index < -0.39 is 17.5 Å². The maximum atomic E-state index is 14.3. The number of carbonyl (C=O) groups is 1. The minimum atomic E-state index is -1.16. The molecule has 0 aromatic heterocycles. The van der Waals surface area contributed by atoms with Crippen molar-refractivity contribution in [2.24, 2.45) is 0 Å². The summed E-state index contributed by atoms with van der Waals surface area (Å²) in [4.78, 5) is 16.9. The van der Waals surface area contributed by atoms with Gasteiger partial charge in [-0.3, -0.25) is 9.63 Å². The maximum Gasteiger partial charge on any atom is 0.277 e. The molecule has 3 N–H and O–H groups in total. The predicted octanol–water partition coefficient (Wildman–Crippen LogP) is 3.23. The van der Waals surface area contributed by atoms with E-state index in [0.29, 0.717) is 5.69 Å². The molecule has 134 valence electrons. The lowest BCUT2D eigenvalue weighted by Crippen LogP contribution is -2.26. The largest absolute Gasteiger partial charge is 0.394 e. The number of aliphatic hydroxyl groups excluding tert-OH is 1. The summed E-state index contributed by atoms with van der Waals surface area (Å²) >= 11 is 0. The van der Waals surface area contributed by atoms with Crippen molar-refractivity contribution in [2.75, 3.05) is 18.5 Å². The van der Waals surface area contributed by atoms with Crippen molar-refractivity contribution in [3.63, 3.8) is 0 Å². The number of halogens is 2. The second-order valence-corrected chi connectivity index (χ2v) is 5.42. The SMILES string of the molecule is CCc1ccc(Nc2c(C(=O)NOCCO)ccc(F)c2F)c(C)c1. The molecule has 0 radical (unpaired) electrons. The van der Waals surface area contributed by atoms with Crippen molar-refractivity contribution in [1.29, 1.82) is 0 Å². The normalized spacial score (nSPS) is 10.6. The van der Waals surface area contributed by atoms with E-state index in [1.54, 1.807) is 6.07 Å². The van der Waals surface area contributed by atoms with E-state index in [0.717, 1.165) is 29.7 Å². The third kappa shape index (κ3) is 4.52. The molecule has 0 atom stereocenters. The number of aryl methyl sites for hydroxylation is 2. The lowest BCUT2D eigenvalue weighted by Gasteiger charge is -2.15. The van der Waals surface area contributed by atoms with Crippen LogP contribution < -0.4 is 10.8 Å². The Balaban J connectivity index is 2.35. The van der Waals surface area contributed by atoms with E-state index in [-0.39, 0.29) is 24.5 Å². The molecule has 2 aromatic rings. The molecule has 0 saturated heterocycles. The van der Waals surface area contributed by atoms with Gasteiger partial charge in [-0.05, 0) is 42.7 Å². The van der Waals surface area contributed by atoms with Crippen molar-refractivity contribution >= 4 is 17.3 Å². The second-order valence-electron chi connectivity index (χ2n) is 5.42. The number of hydrogen-bond donors (Lipinski definition) is 3. The van der Waals surface area contributed by atoms with E-state index in [1.165, 1.54) is 0 Å². The molecule has 0 bridgehead atoms. The summed E-state index contributed by atoms with van der Waals surface area (Å²) in [6.45, 7) is 3.45. The molecule has 1 amide bonds. The Labute approximate surface area is 144 Å². The molecule has 0 saturated carbocycles. The van der Waals surface area contributed by atoms with Gasteiger partial charge in [0, 0.05) is 5.69 Å². The van der Waals surface area contributed by atoms with Crippen LogP contribution in [0.1, 0.15) is 28.4 Å². The van der Waals surface area contributed by atoms with Crippen molar-refractivity contribution in [2.45, 2.75) is 20.3 Å². The van der Waals surface area contributed by atoms with Gasteiger partial charge in [-0.2, -0.15) is 0 Å². The van der Waals surface area contributed by atoms with E-state index in [1.807, 2.05) is 26.0 Å². The second kappa shape index (κ2) is 8.55. The van der Waals surface area contributed by atoms with Gasteiger partial charge in [0.15, 0.2) is 11.6 Å². The fraction of sp³-hybridized carbons (Fsp3) is 0.278. The van der Waals surface area contributed by atoms with Crippen LogP contribution in [0.3, 0.4) is 0 Å². The van der Waals surface area contributed by atoms with Gasteiger partial charge in [-0.25, -0.2) is 14.3 Å². The average Bonchev–Trinajstić information content (AvgIpc) is 2.60. The molecule has 25 heavy (non-hydrogen) atoms. The van der Waals surface area contributed by atoms with Crippen LogP contribution in [0.2, 0.25) is 0 Å². The topological polar surface area (TPSA) is 70.6 Å². The highest BCUT2D eigenvalue weighted by Crippen LogP contribution is 2.28. The van der Waals surface area contributed by atoms with E-state index in [4.69, 9.17) is 9.94 Å². The number of hydrogen-bond acceptors (Lipinski definition) is 4. The molecule has 0 heterocycles. The Morgan fingerprint density at radius 3 is 2.64 bits per heavy atom. The van der Waals surface area contributed by atoms with Crippen LogP contribution in [0.15, 0.2) is 30.3 Å². The van der Waals surface area contributed by atoms with Gasteiger partial charge in [0.2, 0.25) is 0 Å². The number of rotatable bonds is 7. The first-order valence-electron chi connectivity index (χ1n) is 7.85. The van der Waals surface area contributed by atoms with Crippen molar-refractivity contribution in [3.05, 3.63) is 58.7 Å². The average molecular weight is 350 g/mol. The number of anilines is 2. The zero-order valence-electron chi connectivity index (χ0n) is 14.0. The van der Waals surface area contributed by atoms with Crippen LogP contribution in [0.4, 0.5) is 20.2 Å². The van der Waals surface area contributed by atoms with Crippen LogP contribution in [-0.4, -0.2) is 24.2 Å². The van der Waals surface area contributed by atoms with E-state index in [9.17, 15) is 13.6 Å². The number of benzene rings is 2. The molecular weight excluding hydrogens is 330 g/mol. The number of nitrogens with one attached hydrogen (secondary N) is 2. The molecule has 7 heteroatoms. The molecule has 5 nitrogen and oxygen atoms in total. The zero-order chi connectivity index (χ0) is 18.4. The number of amides is 1. The Hall–Kier alpha value is -2.51. The van der Waals surface area contributed by atoms with Crippen molar-refractivity contribution in [1.82, 2.24) is 5.48 Å². The highest BCUT2D eigenvalue weighted by Gasteiger charge is 2.19. The maximum absolute atomic E-state index is 14.3. The fourth-order valence-corrected chi connectivity index (χ4v) is 2.30. The lowest BCUT2D eigenvalue weighted by molar-refractivity contribution is 0.0168. The van der Waals surface area contributed by atoms with Gasteiger partial charge >= 0.3 is 0 Å². The zero-order valence-corrected chi connectivity index (χ0v) is 14.0. The third-order valence-corrected chi connectivity index (χ3v) is 3.66. The van der Waals surface area contributed by atoms with E-state index in [2.05, 4.69) is 10.8 Å². The van der Waals surface area contributed by atoms with Crippen LogP contribution >= 0.6 is 0 Å². The standard InChI is InChI=1S/C18H20F2N2O3/c1-3-12-4-7-15(11(2)10-12)21-17-13(5-6-14(19)16(17)20)18(24)22-25-9-8-23/h4-7,10,21,23H,3,8-9H2,1-2H3,(H,22,24). The predicted molar refractivity (Wildman–Crippen MR) is 90.7 cm³/mol. The quantitative estimate of drug-likeness (QED) is 0.530. The highest BCUT2D eigenvalue weighted by molar-refractivity contribution is 6.00. The first-order valence-corrected chi connectivity index (χ1v) is 7.85. The number of hydroxylamine groups is 1. The van der Waals surface area contributed by atoms with Crippen LogP contribution in [0.5, 0.6) is 0 Å². The molecule has 0 aliphatic heterocycles. The Bertz CT molecular complexity index is 766. The molecule has 0 unspecified atom stereocenters. The van der Waals surface area contributed by atoms with Gasteiger partial charge in [0.1, 0.15) is 0 Å². The monoisotopic (exact) mass is 350 g/mol. The van der Waals surface area contributed by atoms with Gasteiger partial charge in [-0.1, -0.05) is 19.1 Å². The summed E-state index contributed by atoms with van der Waals surface area (Å²) in [6, 6.07) is 7.59. The number of aliphatic hydroxyl groups is 1. The Kier molecular flexibility index (Phi) is 6.44. The van der Waals surface area contributed by atoms with Crippen molar-refractivity contribution < 1.29 is 23.5 Å². The molecule has 0 aliphatic carbocycles. The number of carbonyl (C=O) groups excluding carboxylic acids is 1. The first-order chi connectivity index (χ1) is 12.0. The third-order valence-electron chi connectivity index (χ3n) is 3.66. The summed E-state index contributed by atoms with van der Waals surface area (Å²) < 4.78 is 27.9. The smallest absolute Gasteiger partial charge is 0.277 e. The molecule has 2 rings (SSSR count).